The maximum atomic E-state index is 12.9. The van der Waals surface area contributed by atoms with Gasteiger partial charge in [0.25, 0.3) is 0 Å². The first-order valence-electron chi connectivity index (χ1n) is 27.4. The summed E-state index contributed by atoms with van der Waals surface area (Å²) in [6.07, 6.45) is 70.9. The van der Waals surface area contributed by atoms with E-state index in [1.807, 2.05) is 12.2 Å². The topological polar surface area (TPSA) is 155 Å². The second kappa shape index (κ2) is 54.4. The molecule has 0 amide bonds. The van der Waals surface area contributed by atoms with E-state index in [4.69, 9.17) is 23.3 Å². The molecule has 74 heavy (non-hydrogen) atoms. The van der Waals surface area contributed by atoms with E-state index in [-0.39, 0.29) is 19.3 Å². The van der Waals surface area contributed by atoms with Crippen LogP contribution in [0.25, 0.3) is 0 Å². The van der Waals surface area contributed by atoms with E-state index < -0.39 is 64.4 Å². The summed E-state index contributed by atoms with van der Waals surface area (Å²) in [4.78, 5) is 48.4. The van der Waals surface area contributed by atoms with E-state index >= 15 is 0 Å². The van der Waals surface area contributed by atoms with Crippen molar-refractivity contribution >= 4 is 25.7 Å². The first-order chi connectivity index (χ1) is 36.2. The summed E-state index contributed by atoms with van der Waals surface area (Å²) in [6.45, 7) is 4.09. The van der Waals surface area contributed by atoms with Gasteiger partial charge < -0.3 is 24.2 Å². The minimum Gasteiger partial charge on any atom is -0.462 e. The molecule has 0 radical (unpaired) electrons. The number of phosphoric acid groups is 1. The number of ether oxygens (including phenoxy) is 3. The van der Waals surface area contributed by atoms with Crippen LogP contribution in [-0.4, -0.2) is 66.5 Å². The van der Waals surface area contributed by atoms with Crippen molar-refractivity contribution < 1.29 is 52.2 Å². The van der Waals surface area contributed by atoms with Crippen molar-refractivity contribution in [1.29, 1.82) is 0 Å². The van der Waals surface area contributed by atoms with Gasteiger partial charge in [0.05, 0.1) is 19.8 Å². The number of aliphatic hydroxyl groups excluding tert-OH is 1. The Hall–Kier alpha value is -4.90. The molecule has 3 atom stereocenters. The summed E-state index contributed by atoms with van der Waals surface area (Å²) >= 11 is 0. The molecule has 0 aromatic rings. The second-order valence-electron chi connectivity index (χ2n) is 17.2. The van der Waals surface area contributed by atoms with Crippen LogP contribution in [0.1, 0.15) is 175 Å². The summed E-state index contributed by atoms with van der Waals surface area (Å²) in [6, 6.07) is 0. The molecule has 0 bridgehead atoms. The Labute approximate surface area is 447 Å². The lowest BCUT2D eigenvalue weighted by Gasteiger charge is -2.21. The van der Waals surface area contributed by atoms with Crippen molar-refractivity contribution in [1.82, 2.24) is 0 Å². The third kappa shape index (κ3) is 52.0. The lowest BCUT2D eigenvalue weighted by atomic mass is 10.1. The normalized spacial score (nSPS) is 14.6. The Kier molecular flexibility index (Phi) is 50.8. The number of phosphoric ester groups is 1. The molecule has 11 nitrogen and oxygen atoms in total. The van der Waals surface area contributed by atoms with E-state index in [1.54, 1.807) is 0 Å². The highest BCUT2D eigenvalue weighted by molar-refractivity contribution is 7.47. The van der Waals surface area contributed by atoms with Crippen LogP contribution in [0.15, 0.2) is 158 Å². The van der Waals surface area contributed by atoms with Crippen molar-refractivity contribution in [3.05, 3.63) is 158 Å². The molecule has 0 aliphatic rings. The van der Waals surface area contributed by atoms with Gasteiger partial charge in [-0.25, -0.2) is 4.57 Å². The Bertz CT molecular complexity index is 1840. The fourth-order valence-electron chi connectivity index (χ4n) is 6.38. The van der Waals surface area contributed by atoms with Crippen LogP contribution < -0.4 is 0 Å². The average Bonchev–Trinajstić information content (AvgIpc) is 3.39. The average molecular weight is 1050 g/mol. The summed E-state index contributed by atoms with van der Waals surface area (Å²) in [5.41, 5.74) is 0. The van der Waals surface area contributed by atoms with Crippen LogP contribution >= 0.6 is 7.82 Å². The monoisotopic (exact) mass is 1050 g/mol. The van der Waals surface area contributed by atoms with E-state index in [1.165, 1.54) is 0 Å². The predicted octanol–water partition coefficient (Wildman–Crippen LogP) is 16.1. The molecule has 0 rings (SSSR count). The molecule has 0 spiro atoms. The molecular weight excluding hydrogens is 952 g/mol. The first-order valence-corrected chi connectivity index (χ1v) is 28.9. The molecule has 12 heteroatoms. The number of esters is 3. The van der Waals surface area contributed by atoms with Crippen molar-refractivity contribution in [2.45, 2.75) is 187 Å². The third-order valence-electron chi connectivity index (χ3n) is 10.4. The Morgan fingerprint density at radius 2 is 0.689 bits per heavy atom. The number of allylic oxidation sites excluding steroid dienone is 26. The van der Waals surface area contributed by atoms with Gasteiger partial charge in [-0.15, -0.1) is 0 Å². The van der Waals surface area contributed by atoms with Gasteiger partial charge in [-0.2, -0.15) is 0 Å². The van der Waals surface area contributed by atoms with E-state index in [9.17, 15) is 28.9 Å². The largest absolute Gasteiger partial charge is 0.472 e. The maximum Gasteiger partial charge on any atom is 0.472 e. The SMILES string of the molecule is CC/C=C\C/C=C\C/C=C\C/C=C\C/C=C\C/C=C\CCC(=O)OC(COC(=O)CCCCC/C=C\C/C=C\C/C=C\CC)COP(=O)(O)OCC(CO)OC(=O)CCCC/C=C\C/C=C\C/C=C\C/C=C\CC. The highest BCUT2D eigenvalue weighted by Gasteiger charge is 2.28. The summed E-state index contributed by atoms with van der Waals surface area (Å²) in [5, 5.41) is 9.79. The summed E-state index contributed by atoms with van der Waals surface area (Å²) in [5.74, 6) is -1.67. The summed E-state index contributed by atoms with van der Waals surface area (Å²) in [7, 11) is -4.80. The molecule has 0 aliphatic heterocycles. The number of hydrogen-bond donors (Lipinski definition) is 2. The number of carbonyl (C=O) groups is 3. The van der Waals surface area contributed by atoms with Gasteiger partial charge >= 0.3 is 25.7 Å². The lowest BCUT2D eigenvalue weighted by molar-refractivity contribution is -0.161. The highest BCUT2D eigenvalue weighted by atomic mass is 31.2. The van der Waals surface area contributed by atoms with Gasteiger partial charge in [-0.1, -0.05) is 185 Å². The molecule has 414 valence electrons. The van der Waals surface area contributed by atoms with Crippen LogP contribution in [0.3, 0.4) is 0 Å². The van der Waals surface area contributed by atoms with E-state index in [0.29, 0.717) is 25.7 Å². The van der Waals surface area contributed by atoms with Crippen LogP contribution in [0.4, 0.5) is 0 Å². The zero-order chi connectivity index (χ0) is 54.1. The standard InChI is InChI=1S/C62H95O11P/c1-4-7-10-13-16-19-22-25-27-28-29-30-32-35-38-41-44-47-50-53-62(66)73-59(55-69-60(64)51-48-45-42-39-36-33-24-21-18-15-12-9-6-3)57-71-74(67,68)70-56-58(54-63)72-61(65)52-49-46-43-40-37-34-31-26-23-20-17-14-11-8-5-2/h7-12,16-21,25-27,29-31,33,35-38,40,44,47,58-59,63H,4-6,13-15,22-24,28,32,34,39,41-43,45-46,48-57H2,1-3H3,(H,67,68)/b10-7-,11-8-,12-9-,19-16-,20-17-,21-18-,27-25-,30-29-,31-26-,36-33-,38-35-,40-37-,47-44-. The number of aliphatic hydroxyl groups is 1. The van der Waals surface area contributed by atoms with Crippen molar-refractivity contribution in [3.63, 3.8) is 0 Å². The maximum absolute atomic E-state index is 12.9. The van der Waals surface area contributed by atoms with Crippen molar-refractivity contribution in [3.8, 4) is 0 Å². The van der Waals surface area contributed by atoms with Gasteiger partial charge in [0.2, 0.25) is 0 Å². The minimum absolute atomic E-state index is 0.0227. The van der Waals surface area contributed by atoms with Gasteiger partial charge in [0.15, 0.2) is 6.10 Å². The van der Waals surface area contributed by atoms with Crippen LogP contribution in [0.5, 0.6) is 0 Å². The molecule has 0 aromatic heterocycles. The molecule has 3 unspecified atom stereocenters. The quantitative estimate of drug-likeness (QED) is 0.0197. The second-order valence-corrected chi connectivity index (χ2v) is 18.7. The lowest BCUT2D eigenvalue weighted by Crippen LogP contribution is -2.30. The van der Waals surface area contributed by atoms with Gasteiger partial charge in [-0.05, 0) is 128 Å². The fourth-order valence-corrected chi connectivity index (χ4v) is 7.17. The van der Waals surface area contributed by atoms with Crippen LogP contribution in [0.2, 0.25) is 0 Å². The molecule has 2 N–H and O–H groups in total. The Balaban J connectivity index is 4.95. The van der Waals surface area contributed by atoms with Crippen LogP contribution in [0, 0.1) is 0 Å². The molecule has 0 aromatic carbocycles. The number of rotatable bonds is 48. The fraction of sp³-hybridized carbons (Fsp3) is 0.532. The minimum atomic E-state index is -4.80. The van der Waals surface area contributed by atoms with Gasteiger partial charge in [-0.3, -0.25) is 23.4 Å². The van der Waals surface area contributed by atoms with Crippen LogP contribution in [-0.2, 0) is 42.2 Å². The third-order valence-corrected chi connectivity index (χ3v) is 11.4. The number of unbranched alkanes of at least 4 members (excludes halogenated alkanes) is 5. The van der Waals surface area contributed by atoms with Gasteiger partial charge in [0.1, 0.15) is 12.7 Å². The Morgan fingerprint density at radius 3 is 1.09 bits per heavy atom. The molecular formula is C62H95O11P. The van der Waals surface area contributed by atoms with Gasteiger partial charge in [0, 0.05) is 19.3 Å². The smallest absolute Gasteiger partial charge is 0.462 e. The predicted molar refractivity (Wildman–Crippen MR) is 306 cm³/mol. The molecule has 0 aliphatic carbocycles. The zero-order valence-electron chi connectivity index (χ0n) is 45.5. The van der Waals surface area contributed by atoms with Crippen molar-refractivity contribution in [2.75, 3.05) is 26.4 Å². The summed E-state index contributed by atoms with van der Waals surface area (Å²) < 4.78 is 39.3. The zero-order valence-corrected chi connectivity index (χ0v) is 46.4. The molecule has 0 heterocycles. The molecule has 0 fully saturated rings. The first kappa shape index (κ1) is 69.1. The highest BCUT2D eigenvalue weighted by Crippen LogP contribution is 2.43. The van der Waals surface area contributed by atoms with Crippen molar-refractivity contribution in [2.24, 2.45) is 0 Å². The molecule has 0 saturated carbocycles. The number of carbonyl (C=O) groups excluding carboxylic acids is 3. The molecule has 0 saturated heterocycles. The van der Waals surface area contributed by atoms with E-state index in [2.05, 4.69) is 167 Å². The number of hydrogen-bond acceptors (Lipinski definition) is 10. The Morgan fingerprint density at radius 1 is 0.378 bits per heavy atom. The van der Waals surface area contributed by atoms with E-state index in [0.717, 1.165) is 109 Å².